The first-order valence-electron chi connectivity index (χ1n) is 7.85. The molecule has 0 bridgehead atoms. The molecule has 0 atom stereocenters. The van der Waals surface area contributed by atoms with E-state index in [1.165, 1.54) is 4.68 Å². The molecule has 1 N–H and O–H groups in total. The minimum Gasteiger partial charge on any atom is -0.309 e. The number of anilines is 1. The molecule has 8 heteroatoms. The zero-order chi connectivity index (χ0) is 18.1. The third-order valence-corrected chi connectivity index (χ3v) is 4.37. The summed E-state index contributed by atoms with van der Waals surface area (Å²) < 4.78 is 3.65. The average Bonchev–Trinajstić information content (AvgIpc) is 2.94. The monoisotopic (exact) mass is 403 g/mol. The number of aromatic nitrogens is 4. The van der Waals surface area contributed by atoms with Gasteiger partial charge in [-0.1, -0.05) is 29.8 Å². The van der Waals surface area contributed by atoms with Gasteiger partial charge in [0.25, 0.3) is 5.56 Å². The molecule has 130 valence electrons. The SMILES string of the molecule is CC(C)c1nn(CC(=O)Nc2ccnn2C)c(=O)c2ccc(Br)cc12. The minimum absolute atomic E-state index is 0.115. The van der Waals surface area contributed by atoms with Crippen molar-refractivity contribution in [2.45, 2.75) is 26.3 Å². The summed E-state index contributed by atoms with van der Waals surface area (Å²) >= 11 is 3.43. The number of nitrogens with one attached hydrogen (secondary N) is 1. The molecule has 7 nitrogen and oxygen atoms in total. The van der Waals surface area contributed by atoms with Crippen LogP contribution in [0.25, 0.3) is 10.8 Å². The summed E-state index contributed by atoms with van der Waals surface area (Å²) in [5, 5.41) is 12.5. The maximum Gasteiger partial charge on any atom is 0.275 e. The fourth-order valence-electron chi connectivity index (χ4n) is 2.63. The third kappa shape index (κ3) is 3.48. The molecule has 0 saturated heterocycles. The summed E-state index contributed by atoms with van der Waals surface area (Å²) in [6, 6.07) is 7.14. The Hall–Kier alpha value is -2.48. The molecule has 0 fully saturated rings. The van der Waals surface area contributed by atoms with Gasteiger partial charge in [-0.3, -0.25) is 14.3 Å². The molecule has 3 rings (SSSR count). The van der Waals surface area contributed by atoms with Gasteiger partial charge in [0.2, 0.25) is 5.91 Å². The number of halogens is 1. The van der Waals surface area contributed by atoms with Gasteiger partial charge in [0, 0.05) is 23.0 Å². The lowest BCUT2D eigenvalue weighted by Gasteiger charge is -2.13. The van der Waals surface area contributed by atoms with Crippen molar-refractivity contribution in [3.63, 3.8) is 0 Å². The Bertz CT molecular complexity index is 1010. The maximum absolute atomic E-state index is 12.7. The van der Waals surface area contributed by atoms with E-state index >= 15 is 0 Å². The molecular weight excluding hydrogens is 386 g/mol. The second-order valence-electron chi connectivity index (χ2n) is 6.08. The van der Waals surface area contributed by atoms with Crippen LogP contribution in [-0.2, 0) is 18.4 Å². The Labute approximate surface area is 152 Å². The number of hydrogen-bond donors (Lipinski definition) is 1. The summed E-state index contributed by atoms with van der Waals surface area (Å²) in [6.45, 7) is 3.86. The van der Waals surface area contributed by atoms with Crippen LogP contribution >= 0.6 is 15.9 Å². The summed E-state index contributed by atoms with van der Waals surface area (Å²) in [7, 11) is 1.73. The van der Waals surface area contributed by atoms with Gasteiger partial charge in [-0.2, -0.15) is 10.2 Å². The lowest BCUT2D eigenvalue weighted by atomic mass is 10.0. The predicted octanol–water partition coefficient (Wildman–Crippen LogP) is 2.65. The van der Waals surface area contributed by atoms with Crippen molar-refractivity contribution in [1.82, 2.24) is 19.6 Å². The first-order chi connectivity index (χ1) is 11.9. The summed E-state index contributed by atoms with van der Waals surface area (Å²) in [5.74, 6) is 0.347. The highest BCUT2D eigenvalue weighted by Crippen LogP contribution is 2.24. The number of hydrogen-bond acceptors (Lipinski definition) is 4. The molecule has 0 unspecified atom stereocenters. The molecule has 1 amide bonds. The molecule has 2 aromatic heterocycles. The van der Waals surface area contributed by atoms with Gasteiger partial charge in [-0.25, -0.2) is 4.68 Å². The Morgan fingerprint density at radius 2 is 2.04 bits per heavy atom. The Morgan fingerprint density at radius 3 is 2.68 bits per heavy atom. The number of aryl methyl sites for hydroxylation is 1. The van der Waals surface area contributed by atoms with Gasteiger partial charge in [-0.15, -0.1) is 0 Å². The second kappa shape index (κ2) is 6.79. The molecule has 0 aliphatic rings. The standard InChI is InChI=1S/C17H18BrN5O2/c1-10(2)16-13-8-11(18)4-5-12(13)17(25)23(21-16)9-15(24)20-14-6-7-19-22(14)3/h4-8,10H,9H2,1-3H3,(H,20,24). The fourth-order valence-corrected chi connectivity index (χ4v) is 2.99. The Kier molecular flexibility index (Phi) is 4.71. The Morgan fingerprint density at radius 1 is 1.28 bits per heavy atom. The van der Waals surface area contributed by atoms with E-state index in [-0.39, 0.29) is 23.9 Å². The highest BCUT2D eigenvalue weighted by molar-refractivity contribution is 9.10. The number of carbonyl (C=O) groups excluding carboxylic acids is 1. The van der Waals surface area contributed by atoms with Crippen LogP contribution in [0.4, 0.5) is 5.82 Å². The van der Waals surface area contributed by atoms with Crippen molar-refractivity contribution < 1.29 is 4.79 Å². The second-order valence-corrected chi connectivity index (χ2v) is 7.00. The molecule has 0 radical (unpaired) electrons. The average molecular weight is 404 g/mol. The predicted molar refractivity (Wildman–Crippen MR) is 99.6 cm³/mol. The van der Waals surface area contributed by atoms with Crippen LogP contribution < -0.4 is 10.9 Å². The van der Waals surface area contributed by atoms with Crippen molar-refractivity contribution >= 4 is 38.4 Å². The highest BCUT2D eigenvalue weighted by Gasteiger charge is 2.16. The van der Waals surface area contributed by atoms with Crippen molar-refractivity contribution in [2.24, 2.45) is 7.05 Å². The quantitative estimate of drug-likeness (QED) is 0.725. The van der Waals surface area contributed by atoms with Crippen molar-refractivity contribution in [3.8, 4) is 0 Å². The molecule has 3 aromatic rings. The van der Waals surface area contributed by atoms with E-state index in [0.29, 0.717) is 11.2 Å². The lowest BCUT2D eigenvalue weighted by Crippen LogP contribution is -2.31. The van der Waals surface area contributed by atoms with Crippen LogP contribution in [0.1, 0.15) is 25.5 Å². The normalized spacial score (nSPS) is 11.2. The summed E-state index contributed by atoms with van der Waals surface area (Å²) in [6.07, 6.45) is 1.59. The van der Waals surface area contributed by atoms with Gasteiger partial charge in [0.05, 0.1) is 17.3 Å². The molecule has 0 aliphatic heterocycles. The van der Waals surface area contributed by atoms with Crippen LogP contribution in [0.3, 0.4) is 0 Å². The lowest BCUT2D eigenvalue weighted by molar-refractivity contribution is -0.117. The molecule has 0 aliphatic carbocycles. The number of nitrogens with zero attached hydrogens (tertiary/aromatic N) is 4. The van der Waals surface area contributed by atoms with Gasteiger partial charge in [-0.05, 0) is 24.1 Å². The molecule has 0 spiro atoms. The molecule has 2 heterocycles. The van der Waals surface area contributed by atoms with Gasteiger partial charge in [0.1, 0.15) is 12.4 Å². The number of carbonyl (C=O) groups is 1. The highest BCUT2D eigenvalue weighted by atomic mass is 79.9. The zero-order valence-electron chi connectivity index (χ0n) is 14.2. The summed E-state index contributed by atoms with van der Waals surface area (Å²) in [4.78, 5) is 25.0. The van der Waals surface area contributed by atoms with Crippen molar-refractivity contribution in [1.29, 1.82) is 0 Å². The van der Waals surface area contributed by atoms with Gasteiger partial charge >= 0.3 is 0 Å². The summed E-state index contributed by atoms with van der Waals surface area (Å²) in [5.41, 5.74) is 0.497. The number of benzene rings is 1. The Balaban J connectivity index is 2.00. The van der Waals surface area contributed by atoms with E-state index < -0.39 is 0 Å². The van der Waals surface area contributed by atoms with Crippen LogP contribution in [0.15, 0.2) is 39.7 Å². The molecule has 0 saturated carbocycles. The van der Waals surface area contributed by atoms with E-state index in [0.717, 1.165) is 15.6 Å². The molecule has 25 heavy (non-hydrogen) atoms. The molecular formula is C17H18BrN5O2. The zero-order valence-corrected chi connectivity index (χ0v) is 15.7. The number of fused-ring (bicyclic) bond motifs is 1. The van der Waals surface area contributed by atoms with Crippen LogP contribution in [0.2, 0.25) is 0 Å². The van der Waals surface area contributed by atoms with E-state index in [1.807, 2.05) is 26.0 Å². The number of amides is 1. The van der Waals surface area contributed by atoms with E-state index in [9.17, 15) is 9.59 Å². The fraction of sp³-hybridized carbons (Fsp3) is 0.294. The first kappa shape index (κ1) is 17.3. The van der Waals surface area contributed by atoms with Crippen LogP contribution in [-0.4, -0.2) is 25.5 Å². The number of rotatable bonds is 4. The molecule has 1 aromatic carbocycles. The van der Waals surface area contributed by atoms with E-state index in [1.54, 1.807) is 30.1 Å². The van der Waals surface area contributed by atoms with E-state index in [4.69, 9.17) is 0 Å². The first-order valence-corrected chi connectivity index (χ1v) is 8.64. The minimum atomic E-state index is -0.329. The van der Waals surface area contributed by atoms with Crippen molar-refractivity contribution in [3.05, 3.63) is 51.0 Å². The van der Waals surface area contributed by atoms with Gasteiger partial charge < -0.3 is 5.32 Å². The van der Waals surface area contributed by atoms with E-state index in [2.05, 4.69) is 31.4 Å². The topological polar surface area (TPSA) is 81.8 Å². The smallest absolute Gasteiger partial charge is 0.275 e. The van der Waals surface area contributed by atoms with Crippen molar-refractivity contribution in [2.75, 3.05) is 5.32 Å². The van der Waals surface area contributed by atoms with Crippen LogP contribution in [0.5, 0.6) is 0 Å². The van der Waals surface area contributed by atoms with Crippen LogP contribution in [0, 0.1) is 0 Å². The third-order valence-electron chi connectivity index (χ3n) is 3.88. The maximum atomic E-state index is 12.7. The largest absolute Gasteiger partial charge is 0.309 e. The van der Waals surface area contributed by atoms with Gasteiger partial charge in [0.15, 0.2) is 0 Å².